The number of benzene rings is 1. The van der Waals surface area contributed by atoms with Crippen LogP contribution in [0.15, 0.2) is 30.3 Å². The highest BCUT2D eigenvalue weighted by Crippen LogP contribution is 2.19. The van der Waals surface area contributed by atoms with Crippen LogP contribution in [0.2, 0.25) is 0 Å². The molecule has 0 N–H and O–H groups in total. The highest BCUT2D eigenvalue weighted by atomic mass is 32.2. The minimum absolute atomic E-state index is 0.0247. The van der Waals surface area contributed by atoms with Crippen molar-refractivity contribution in [3.05, 3.63) is 35.9 Å². The van der Waals surface area contributed by atoms with E-state index in [0.29, 0.717) is 0 Å². The zero-order chi connectivity index (χ0) is 14.5. The molecule has 0 bridgehead atoms. The molecule has 1 unspecified atom stereocenters. The lowest BCUT2D eigenvalue weighted by atomic mass is 10.0. The normalized spacial score (nSPS) is 13.5. The lowest BCUT2D eigenvalue weighted by Crippen LogP contribution is -2.39. The second-order valence-electron chi connectivity index (χ2n) is 4.89. The van der Waals surface area contributed by atoms with Crippen molar-refractivity contribution >= 4 is 10.0 Å². The van der Waals surface area contributed by atoms with Gasteiger partial charge in [0.1, 0.15) is 6.54 Å². The molecule has 0 fully saturated rings. The zero-order valence-corrected chi connectivity index (χ0v) is 12.4. The Balaban J connectivity index is 2.87. The van der Waals surface area contributed by atoms with E-state index in [9.17, 15) is 8.42 Å². The molecular formula is C14H20N2O2S. The number of nitrogens with zero attached hydrogens (tertiary/aromatic N) is 2. The number of hydrogen-bond acceptors (Lipinski definition) is 3. The van der Waals surface area contributed by atoms with Gasteiger partial charge in [-0.2, -0.15) is 9.57 Å². The maximum absolute atomic E-state index is 12.3. The Morgan fingerprint density at radius 3 is 2.26 bits per heavy atom. The first-order chi connectivity index (χ1) is 8.88. The van der Waals surface area contributed by atoms with Crippen LogP contribution in [0.25, 0.3) is 0 Å². The molecule has 0 spiro atoms. The SMILES string of the molecule is CC(CS(=O)(=O)N(CC#N)C(C)C)c1ccccc1. The highest BCUT2D eigenvalue weighted by Gasteiger charge is 2.27. The van der Waals surface area contributed by atoms with Gasteiger partial charge in [0, 0.05) is 6.04 Å². The van der Waals surface area contributed by atoms with Gasteiger partial charge in [-0.25, -0.2) is 8.42 Å². The fourth-order valence-corrected chi connectivity index (χ4v) is 3.87. The van der Waals surface area contributed by atoms with Gasteiger partial charge in [0.05, 0.1) is 11.8 Å². The summed E-state index contributed by atoms with van der Waals surface area (Å²) in [5.74, 6) is -0.0669. The molecule has 5 heteroatoms. The third kappa shape index (κ3) is 4.34. The van der Waals surface area contributed by atoms with Gasteiger partial charge in [0.2, 0.25) is 10.0 Å². The molecular weight excluding hydrogens is 260 g/mol. The van der Waals surface area contributed by atoms with E-state index in [-0.39, 0.29) is 24.3 Å². The van der Waals surface area contributed by atoms with Crippen LogP contribution in [-0.2, 0) is 10.0 Å². The summed E-state index contributed by atoms with van der Waals surface area (Å²) < 4.78 is 25.9. The summed E-state index contributed by atoms with van der Waals surface area (Å²) >= 11 is 0. The number of hydrogen-bond donors (Lipinski definition) is 0. The number of sulfonamides is 1. The van der Waals surface area contributed by atoms with E-state index in [2.05, 4.69) is 0 Å². The average Bonchev–Trinajstić information content (AvgIpc) is 2.35. The second-order valence-corrected chi connectivity index (χ2v) is 6.85. The van der Waals surface area contributed by atoms with Gasteiger partial charge in [0.25, 0.3) is 0 Å². The van der Waals surface area contributed by atoms with Crippen LogP contribution in [0, 0.1) is 11.3 Å². The first kappa shape index (κ1) is 15.7. The Morgan fingerprint density at radius 1 is 1.21 bits per heavy atom. The maximum atomic E-state index is 12.3. The van der Waals surface area contributed by atoms with Crippen molar-refractivity contribution in [2.45, 2.75) is 32.7 Å². The van der Waals surface area contributed by atoms with E-state index in [1.54, 1.807) is 13.8 Å². The van der Waals surface area contributed by atoms with Gasteiger partial charge in [-0.3, -0.25) is 0 Å². The monoisotopic (exact) mass is 280 g/mol. The molecule has 1 aromatic carbocycles. The minimum Gasteiger partial charge on any atom is -0.212 e. The van der Waals surface area contributed by atoms with Crippen LogP contribution in [0.3, 0.4) is 0 Å². The molecule has 0 radical (unpaired) electrons. The van der Waals surface area contributed by atoms with E-state index in [1.807, 2.05) is 43.3 Å². The van der Waals surface area contributed by atoms with Crippen molar-refractivity contribution < 1.29 is 8.42 Å². The summed E-state index contributed by atoms with van der Waals surface area (Å²) in [5.41, 5.74) is 0.992. The Hall–Kier alpha value is -1.38. The molecule has 0 amide bonds. The zero-order valence-electron chi connectivity index (χ0n) is 11.6. The molecule has 19 heavy (non-hydrogen) atoms. The topological polar surface area (TPSA) is 61.2 Å². The third-order valence-electron chi connectivity index (χ3n) is 2.99. The van der Waals surface area contributed by atoms with Gasteiger partial charge in [-0.15, -0.1) is 0 Å². The van der Waals surface area contributed by atoms with E-state index in [0.717, 1.165) is 5.56 Å². The van der Waals surface area contributed by atoms with Gasteiger partial charge >= 0.3 is 0 Å². The van der Waals surface area contributed by atoms with Crippen LogP contribution in [-0.4, -0.2) is 31.1 Å². The van der Waals surface area contributed by atoms with E-state index < -0.39 is 10.0 Å². The Morgan fingerprint density at radius 2 is 1.79 bits per heavy atom. The van der Waals surface area contributed by atoms with E-state index >= 15 is 0 Å². The van der Waals surface area contributed by atoms with Crippen molar-refractivity contribution in [3.63, 3.8) is 0 Å². The molecule has 1 rings (SSSR count). The van der Waals surface area contributed by atoms with Crippen molar-refractivity contribution in [1.29, 1.82) is 5.26 Å². The highest BCUT2D eigenvalue weighted by molar-refractivity contribution is 7.89. The van der Waals surface area contributed by atoms with Gasteiger partial charge in [-0.05, 0) is 25.3 Å². The van der Waals surface area contributed by atoms with Crippen molar-refractivity contribution in [2.75, 3.05) is 12.3 Å². The molecule has 0 saturated carbocycles. The summed E-state index contributed by atoms with van der Waals surface area (Å²) in [6.45, 7) is 5.35. The molecule has 104 valence electrons. The predicted molar refractivity (Wildman–Crippen MR) is 76.1 cm³/mol. The van der Waals surface area contributed by atoms with Crippen LogP contribution in [0.1, 0.15) is 32.3 Å². The first-order valence-electron chi connectivity index (χ1n) is 6.30. The Bertz CT molecular complexity index is 532. The summed E-state index contributed by atoms with van der Waals surface area (Å²) in [6, 6.07) is 11.3. The smallest absolute Gasteiger partial charge is 0.212 e. The second kappa shape index (κ2) is 6.69. The molecule has 0 aliphatic rings. The summed E-state index contributed by atoms with van der Waals surface area (Å²) in [6.07, 6.45) is 0. The van der Waals surface area contributed by atoms with Gasteiger partial charge < -0.3 is 0 Å². The maximum Gasteiger partial charge on any atom is 0.215 e. The van der Waals surface area contributed by atoms with E-state index in [1.165, 1.54) is 4.31 Å². The predicted octanol–water partition coefficient (Wildman–Crippen LogP) is 2.35. The van der Waals surface area contributed by atoms with Crippen molar-refractivity contribution in [1.82, 2.24) is 4.31 Å². The van der Waals surface area contributed by atoms with Crippen LogP contribution in [0.4, 0.5) is 0 Å². The quantitative estimate of drug-likeness (QED) is 0.751. The minimum atomic E-state index is -3.42. The molecule has 4 nitrogen and oxygen atoms in total. The lowest BCUT2D eigenvalue weighted by molar-refractivity contribution is 0.384. The molecule has 0 aromatic heterocycles. The lowest BCUT2D eigenvalue weighted by Gasteiger charge is -2.25. The standard InChI is InChI=1S/C14H20N2O2S/c1-12(2)16(10-9-15)19(17,18)11-13(3)14-7-5-4-6-8-14/h4-8,12-13H,10-11H2,1-3H3. The molecule has 0 saturated heterocycles. The average molecular weight is 280 g/mol. The van der Waals surface area contributed by atoms with Crippen LogP contribution < -0.4 is 0 Å². The molecule has 1 aromatic rings. The third-order valence-corrected chi connectivity index (χ3v) is 5.18. The van der Waals surface area contributed by atoms with Crippen LogP contribution in [0.5, 0.6) is 0 Å². The Labute approximate surface area is 115 Å². The number of nitriles is 1. The Kier molecular flexibility index (Phi) is 5.52. The van der Waals surface area contributed by atoms with Crippen LogP contribution >= 0.6 is 0 Å². The summed E-state index contributed by atoms with van der Waals surface area (Å²) in [7, 11) is -3.42. The van der Waals surface area contributed by atoms with Gasteiger partial charge in [0.15, 0.2) is 0 Å². The fraction of sp³-hybridized carbons (Fsp3) is 0.500. The number of rotatable bonds is 6. The summed E-state index contributed by atoms with van der Waals surface area (Å²) in [4.78, 5) is 0. The fourth-order valence-electron chi connectivity index (χ4n) is 1.96. The van der Waals surface area contributed by atoms with Crippen molar-refractivity contribution in [2.24, 2.45) is 0 Å². The molecule has 0 aliphatic carbocycles. The molecule has 1 atom stereocenters. The molecule has 0 heterocycles. The van der Waals surface area contributed by atoms with Crippen molar-refractivity contribution in [3.8, 4) is 6.07 Å². The summed E-state index contributed by atoms with van der Waals surface area (Å²) in [5, 5.41) is 8.74. The first-order valence-corrected chi connectivity index (χ1v) is 7.90. The van der Waals surface area contributed by atoms with Gasteiger partial charge in [-0.1, -0.05) is 37.3 Å². The van der Waals surface area contributed by atoms with E-state index in [4.69, 9.17) is 5.26 Å². The molecule has 0 aliphatic heterocycles. The largest absolute Gasteiger partial charge is 0.215 e.